The average Bonchev–Trinajstić information content (AvgIpc) is 2.36. The highest BCUT2D eigenvalue weighted by Gasteiger charge is 2.16. The Bertz CT molecular complexity index is 377. The summed E-state index contributed by atoms with van der Waals surface area (Å²) in [5.74, 6) is -0.192. The molecule has 0 unspecified atom stereocenters. The van der Waals surface area contributed by atoms with Crippen LogP contribution in [0, 0.1) is 5.82 Å². The van der Waals surface area contributed by atoms with E-state index in [0.29, 0.717) is 12.2 Å². The minimum Gasteiger partial charge on any atom is -0.371 e. The van der Waals surface area contributed by atoms with Gasteiger partial charge in [0.2, 0.25) is 0 Å². The highest BCUT2D eigenvalue weighted by Crippen LogP contribution is 2.19. The van der Waals surface area contributed by atoms with Crippen LogP contribution in [0.4, 0.5) is 4.39 Å². The molecule has 0 aliphatic carbocycles. The Morgan fingerprint density at radius 1 is 1.28 bits per heavy atom. The summed E-state index contributed by atoms with van der Waals surface area (Å²) in [7, 11) is 0. The topological polar surface area (TPSA) is 21.3 Å². The summed E-state index contributed by atoms with van der Waals surface area (Å²) in [4.78, 5) is 0. The van der Waals surface area contributed by atoms with Gasteiger partial charge in [0.15, 0.2) is 0 Å². The van der Waals surface area contributed by atoms with Crippen molar-refractivity contribution in [3.63, 3.8) is 0 Å². The van der Waals surface area contributed by atoms with Crippen molar-refractivity contribution in [3.8, 4) is 0 Å². The Hall–Kier alpha value is -0.930. The van der Waals surface area contributed by atoms with E-state index >= 15 is 0 Å². The van der Waals surface area contributed by atoms with Crippen LogP contribution in [0.2, 0.25) is 0 Å². The Morgan fingerprint density at radius 3 is 2.61 bits per heavy atom. The molecule has 1 rings (SSSR count). The van der Waals surface area contributed by atoms with Crippen LogP contribution in [0.25, 0.3) is 0 Å². The van der Waals surface area contributed by atoms with E-state index in [1.807, 2.05) is 26.0 Å². The van der Waals surface area contributed by atoms with Crippen molar-refractivity contribution >= 4 is 0 Å². The predicted molar refractivity (Wildman–Crippen MR) is 72.9 cm³/mol. The number of hydrogen-bond acceptors (Lipinski definition) is 2. The average molecular weight is 253 g/mol. The number of halogens is 1. The molecule has 0 saturated carbocycles. The SMILES string of the molecule is CCNCc1ccc(F)c(COC(C)(C)CC)c1. The van der Waals surface area contributed by atoms with Crippen LogP contribution < -0.4 is 5.32 Å². The first-order valence-electron chi connectivity index (χ1n) is 6.60. The first-order valence-corrected chi connectivity index (χ1v) is 6.60. The molecule has 0 aromatic heterocycles. The standard InChI is InChI=1S/C15H24FNO/c1-5-15(3,4)18-11-13-9-12(10-17-6-2)7-8-14(13)16/h7-9,17H,5-6,10-11H2,1-4H3. The lowest BCUT2D eigenvalue weighted by atomic mass is 10.1. The quantitative estimate of drug-likeness (QED) is 0.801. The van der Waals surface area contributed by atoms with Crippen LogP contribution in [-0.4, -0.2) is 12.1 Å². The summed E-state index contributed by atoms with van der Waals surface area (Å²) in [6.07, 6.45) is 0.908. The van der Waals surface area contributed by atoms with Crippen LogP contribution in [0.3, 0.4) is 0 Å². The fourth-order valence-electron chi connectivity index (χ4n) is 1.49. The number of hydrogen-bond donors (Lipinski definition) is 1. The molecule has 102 valence electrons. The molecule has 0 spiro atoms. The smallest absolute Gasteiger partial charge is 0.128 e. The van der Waals surface area contributed by atoms with Gasteiger partial charge in [0, 0.05) is 12.1 Å². The van der Waals surface area contributed by atoms with Gasteiger partial charge in [-0.2, -0.15) is 0 Å². The molecule has 0 bridgehead atoms. The van der Waals surface area contributed by atoms with Gasteiger partial charge >= 0.3 is 0 Å². The second-order valence-corrected chi connectivity index (χ2v) is 5.11. The van der Waals surface area contributed by atoms with Gasteiger partial charge in [-0.1, -0.05) is 19.9 Å². The number of benzene rings is 1. The van der Waals surface area contributed by atoms with Gasteiger partial charge in [0.1, 0.15) is 5.82 Å². The molecule has 0 amide bonds. The molecule has 2 nitrogen and oxygen atoms in total. The van der Waals surface area contributed by atoms with Crippen molar-refractivity contribution in [2.75, 3.05) is 6.54 Å². The predicted octanol–water partition coefficient (Wildman–Crippen LogP) is 3.64. The molecule has 1 aromatic carbocycles. The third kappa shape index (κ3) is 4.75. The third-order valence-corrected chi connectivity index (χ3v) is 3.16. The molecule has 0 aliphatic heterocycles. The van der Waals surface area contributed by atoms with Crippen LogP contribution in [0.1, 0.15) is 45.2 Å². The third-order valence-electron chi connectivity index (χ3n) is 3.16. The zero-order valence-electron chi connectivity index (χ0n) is 11.8. The fourth-order valence-corrected chi connectivity index (χ4v) is 1.49. The van der Waals surface area contributed by atoms with E-state index < -0.39 is 0 Å². The van der Waals surface area contributed by atoms with Crippen LogP contribution in [-0.2, 0) is 17.9 Å². The van der Waals surface area contributed by atoms with Gasteiger partial charge in [-0.15, -0.1) is 0 Å². The molecular formula is C15H24FNO. The first kappa shape index (κ1) is 15.1. The molecule has 1 N–H and O–H groups in total. The number of rotatable bonds is 7. The fraction of sp³-hybridized carbons (Fsp3) is 0.600. The highest BCUT2D eigenvalue weighted by atomic mass is 19.1. The zero-order valence-corrected chi connectivity index (χ0v) is 11.8. The normalized spacial score (nSPS) is 11.8. The Balaban J connectivity index is 2.69. The summed E-state index contributed by atoms with van der Waals surface area (Å²) in [6.45, 7) is 10.2. The van der Waals surface area contributed by atoms with Gasteiger partial charge in [-0.3, -0.25) is 0 Å². The molecule has 0 radical (unpaired) electrons. The van der Waals surface area contributed by atoms with Crippen molar-refractivity contribution in [1.29, 1.82) is 0 Å². The Labute approximate surface area is 110 Å². The minimum atomic E-state index is -0.204. The molecule has 0 fully saturated rings. The van der Waals surface area contributed by atoms with Crippen molar-refractivity contribution in [3.05, 3.63) is 35.1 Å². The minimum absolute atomic E-state index is 0.192. The molecule has 0 aliphatic rings. The molecule has 0 heterocycles. The molecular weight excluding hydrogens is 229 g/mol. The number of nitrogens with one attached hydrogen (secondary N) is 1. The van der Waals surface area contributed by atoms with E-state index in [2.05, 4.69) is 19.2 Å². The van der Waals surface area contributed by atoms with Gasteiger partial charge < -0.3 is 10.1 Å². The largest absolute Gasteiger partial charge is 0.371 e. The van der Waals surface area contributed by atoms with Crippen molar-refractivity contribution < 1.29 is 9.13 Å². The summed E-state index contributed by atoms with van der Waals surface area (Å²) >= 11 is 0. The summed E-state index contributed by atoms with van der Waals surface area (Å²) in [5.41, 5.74) is 1.52. The maximum absolute atomic E-state index is 13.7. The lowest BCUT2D eigenvalue weighted by Crippen LogP contribution is -2.23. The number of ether oxygens (including phenoxy) is 1. The lowest BCUT2D eigenvalue weighted by molar-refractivity contribution is -0.0326. The van der Waals surface area contributed by atoms with Gasteiger partial charge in [-0.05, 0) is 44.5 Å². The van der Waals surface area contributed by atoms with Gasteiger partial charge in [0.25, 0.3) is 0 Å². The van der Waals surface area contributed by atoms with Crippen molar-refractivity contribution in [2.45, 2.75) is 52.9 Å². The van der Waals surface area contributed by atoms with E-state index in [1.165, 1.54) is 6.07 Å². The van der Waals surface area contributed by atoms with Crippen LogP contribution in [0.15, 0.2) is 18.2 Å². The first-order chi connectivity index (χ1) is 8.48. The maximum Gasteiger partial charge on any atom is 0.128 e. The van der Waals surface area contributed by atoms with Crippen LogP contribution >= 0.6 is 0 Å². The van der Waals surface area contributed by atoms with E-state index in [9.17, 15) is 4.39 Å². The molecule has 1 aromatic rings. The Morgan fingerprint density at radius 2 is 2.00 bits per heavy atom. The van der Waals surface area contributed by atoms with E-state index in [1.54, 1.807) is 0 Å². The molecule has 18 heavy (non-hydrogen) atoms. The second kappa shape index (κ2) is 6.86. The lowest BCUT2D eigenvalue weighted by Gasteiger charge is -2.23. The zero-order chi connectivity index (χ0) is 13.6. The summed E-state index contributed by atoms with van der Waals surface area (Å²) in [6, 6.07) is 5.21. The summed E-state index contributed by atoms with van der Waals surface area (Å²) in [5, 5.41) is 3.23. The van der Waals surface area contributed by atoms with E-state index in [0.717, 1.165) is 25.1 Å². The summed E-state index contributed by atoms with van der Waals surface area (Å²) < 4.78 is 19.4. The molecule has 0 saturated heterocycles. The molecule has 0 atom stereocenters. The van der Waals surface area contributed by atoms with Gasteiger partial charge in [-0.25, -0.2) is 4.39 Å². The molecule has 3 heteroatoms. The van der Waals surface area contributed by atoms with E-state index in [4.69, 9.17) is 4.74 Å². The van der Waals surface area contributed by atoms with Crippen LogP contribution in [0.5, 0.6) is 0 Å². The van der Waals surface area contributed by atoms with Crippen molar-refractivity contribution in [1.82, 2.24) is 5.32 Å². The van der Waals surface area contributed by atoms with Crippen molar-refractivity contribution in [2.24, 2.45) is 0 Å². The highest BCUT2D eigenvalue weighted by molar-refractivity contribution is 5.24. The second-order valence-electron chi connectivity index (χ2n) is 5.11. The van der Waals surface area contributed by atoms with E-state index in [-0.39, 0.29) is 11.4 Å². The van der Waals surface area contributed by atoms with Gasteiger partial charge in [0.05, 0.1) is 12.2 Å². The monoisotopic (exact) mass is 253 g/mol. The Kier molecular flexibility index (Phi) is 5.76. The maximum atomic E-state index is 13.7.